The molecule has 39 nitrogen and oxygen atoms in total. The van der Waals surface area contributed by atoms with Crippen molar-refractivity contribution >= 4 is 133 Å². The minimum absolute atomic E-state index is 0.00694. The van der Waals surface area contributed by atoms with Gasteiger partial charge in [-0.15, -0.1) is 0 Å². The van der Waals surface area contributed by atoms with Crippen LogP contribution >= 0.6 is 21.6 Å². The second-order valence-electron chi connectivity index (χ2n) is 24.7. The number of aromatic nitrogens is 4. The van der Waals surface area contributed by atoms with Gasteiger partial charge in [0.15, 0.2) is 34.9 Å². The number of nitrogens with one attached hydrogen (secondary N) is 10. The molecule has 8 rings (SSSR count). The van der Waals surface area contributed by atoms with Crippen molar-refractivity contribution < 1.29 is 96.9 Å². The Labute approximate surface area is 627 Å². The zero-order valence-corrected chi connectivity index (χ0v) is 60.3. The molecule has 2 aromatic heterocycles. The van der Waals surface area contributed by atoms with E-state index in [0.29, 0.717) is 39.7 Å². The van der Waals surface area contributed by atoms with Crippen LogP contribution in [0.2, 0.25) is 0 Å². The second kappa shape index (κ2) is 38.7. The van der Waals surface area contributed by atoms with E-state index in [4.69, 9.17) is 41.6 Å². The zero-order chi connectivity index (χ0) is 79.2. The number of benzene rings is 4. The molecule has 0 radical (unpaired) electrons. The number of nitrogens with zero attached hydrogens (tertiary/aromatic N) is 5. The van der Waals surface area contributed by atoms with E-state index in [-0.39, 0.29) is 104 Å². The highest BCUT2D eigenvalue weighted by Crippen LogP contribution is 2.40. The highest BCUT2D eigenvalue weighted by molar-refractivity contribution is 8.76. The summed E-state index contributed by atoms with van der Waals surface area (Å²) in [5.41, 5.74) is 20.3. The maximum Gasteiger partial charge on any atom is 0.412 e. The zero-order valence-electron chi connectivity index (χ0n) is 58.7. The summed E-state index contributed by atoms with van der Waals surface area (Å²) in [7, 11) is 4.90. The predicted octanol–water partition coefficient (Wildman–Crippen LogP) is 0.608. The quantitative estimate of drug-likeness (QED) is 0.00830. The molecule has 20 N–H and O–H groups in total. The number of aromatic amines is 1. The molecule has 8 amide bonds. The van der Waals surface area contributed by atoms with Gasteiger partial charge in [0.25, 0.3) is 17.4 Å². The molecule has 6 aromatic rings. The van der Waals surface area contributed by atoms with Crippen molar-refractivity contribution in [3.8, 4) is 11.5 Å². The number of carboxylic acid groups (broad SMARTS) is 4. The third kappa shape index (κ3) is 23.2. The number of H-pyrrole nitrogens is 1. The number of amides is 8. The van der Waals surface area contributed by atoms with E-state index >= 15 is 0 Å². The topological polar surface area (TPSA) is 599 Å². The number of ether oxygens (including phenoxy) is 4. The SMILES string of the molecule is COc1cc(N)c(C(=O)N2c3ccccc3C[C@H]2C2OCCN2C(=O)OCc2ccc(SSC[C@H](NC(=O)[C@H](CC(=O)O)NC(=O)[C@H](CC(=O)O)NC(=O)[C@H](CCCNC(=N)N)NC(=O)[C@H](CC(=O)O)NC(=O)CC[C@@H](C)NC(=O)c3ccc(NCc4cnc5nc(N)[nH]c(=O)c5n4)cc3)C(=O)O)cc2)cc1OC. The molecule has 4 aromatic carbocycles. The summed E-state index contributed by atoms with van der Waals surface area (Å²) in [4.78, 5) is 190. The smallest absolute Gasteiger partial charge is 0.412 e. The Bertz CT molecular complexity index is 4460. The number of hydrogen-bond donors (Lipinski definition) is 17. The molecule has 109 heavy (non-hydrogen) atoms. The van der Waals surface area contributed by atoms with Crippen LogP contribution in [0, 0.1) is 5.41 Å². The number of hydrogen-bond acceptors (Lipinski definition) is 26. The number of methoxy groups -OCH3 is 2. The highest BCUT2D eigenvalue weighted by atomic mass is 33.1. The van der Waals surface area contributed by atoms with Crippen LogP contribution < -0.4 is 79.7 Å². The van der Waals surface area contributed by atoms with Gasteiger partial charge in [-0.25, -0.2) is 19.6 Å². The Morgan fingerprint density at radius 2 is 1.35 bits per heavy atom. The number of carboxylic acids is 4. The fraction of sp³-hybridized carbons (Fsp3) is 0.368. The van der Waals surface area contributed by atoms with Crippen molar-refractivity contribution in [2.45, 2.75) is 125 Å². The Hall–Kier alpha value is -12.5. The summed E-state index contributed by atoms with van der Waals surface area (Å²) in [5, 5.41) is 66.4. The molecular weight excluding hydrogens is 1470 g/mol. The van der Waals surface area contributed by atoms with Gasteiger partial charge >= 0.3 is 30.0 Å². The number of carbonyl (C=O) groups is 12. The lowest BCUT2D eigenvalue weighted by molar-refractivity contribution is -0.144. The number of guanidine groups is 1. The summed E-state index contributed by atoms with van der Waals surface area (Å²) >= 11 is 0. The number of anilines is 4. The first-order valence-corrected chi connectivity index (χ1v) is 35.8. The van der Waals surface area contributed by atoms with Gasteiger partial charge in [0.2, 0.25) is 35.5 Å². The number of aliphatic carboxylic acids is 4. The fourth-order valence-electron chi connectivity index (χ4n) is 11.3. The van der Waals surface area contributed by atoms with Gasteiger partial charge < -0.3 is 104 Å². The predicted molar refractivity (Wildman–Crippen MR) is 392 cm³/mol. The highest BCUT2D eigenvalue weighted by Gasteiger charge is 2.47. The van der Waals surface area contributed by atoms with E-state index in [9.17, 15) is 82.8 Å². The van der Waals surface area contributed by atoms with E-state index in [1.165, 1.54) is 49.6 Å². The van der Waals surface area contributed by atoms with Crippen molar-refractivity contribution in [3.63, 3.8) is 0 Å². The molecule has 2 aliphatic rings. The third-order valence-corrected chi connectivity index (χ3v) is 19.2. The lowest BCUT2D eigenvalue weighted by atomic mass is 10.1. The summed E-state index contributed by atoms with van der Waals surface area (Å²) in [5.74, 6) is -14.1. The fourth-order valence-corrected chi connectivity index (χ4v) is 13.5. The molecule has 4 heterocycles. The van der Waals surface area contributed by atoms with Crippen molar-refractivity contribution in [1.29, 1.82) is 5.41 Å². The summed E-state index contributed by atoms with van der Waals surface area (Å²) in [6.45, 7) is 1.75. The van der Waals surface area contributed by atoms with Crippen LogP contribution in [0.3, 0.4) is 0 Å². The van der Waals surface area contributed by atoms with E-state index in [2.05, 4.69) is 62.5 Å². The molecule has 1 fully saturated rings. The van der Waals surface area contributed by atoms with Crippen molar-refractivity contribution in [1.82, 2.24) is 62.1 Å². The molecule has 0 aliphatic carbocycles. The minimum atomic E-state index is -2.13. The molecule has 1 unspecified atom stereocenters. The molecule has 580 valence electrons. The number of rotatable bonds is 38. The average molecular weight is 1550 g/mol. The van der Waals surface area contributed by atoms with Crippen molar-refractivity contribution in [2.75, 3.05) is 61.4 Å². The van der Waals surface area contributed by atoms with Gasteiger partial charge in [-0.3, -0.25) is 68.0 Å². The number of fused-ring (bicyclic) bond motifs is 2. The summed E-state index contributed by atoms with van der Waals surface area (Å²) < 4.78 is 22.7. The van der Waals surface area contributed by atoms with E-state index < -0.39 is 151 Å². The molecule has 0 bridgehead atoms. The molecule has 1 saturated heterocycles. The number of nitrogens with two attached hydrogens (primary N) is 3. The molecule has 41 heteroatoms. The van der Waals surface area contributed by atoms with Gasteiger partial charge in [0.05, 0.1) is 76.7 Å². The number of para-hydroxylation sites is 1. The molecule has 0 saturated carbocycles. The van der Waals surface area contributed by atoms with Crippen molar-refractivity contribution in [3.05, 3.63) is 129 Å². The monoisotopic (exact) mass is 1550 g/mol. The van der Waals surface area contributed by atoms with Crippen LogP contribution in [-0.4, -0.2) is 211 Å². The molecule has 0 spiro atoms. The normalized spacial score (nSPS) is 15.2. The van der Waals surface area contributed by atoms with E-state index in [1.54, 1.807) is 60.4 Å². The summed E-state index contributed by atoms with van der Waals surface area (Å²) in [6.07, 6.45) is -4.16. The Kier molecular flexibility index (Phi) is 29.1. The third-order valence-electron chi connectivity index (χ3n) is 16.8. The second-order valence-corrected chi connectivity index (χ2v) is 27.1. The molecular formula is C68H80N18O21S2. The lowest BCUT2D eigenvalue weighted by Crippen LogP contribution is -2.59. The lowest BCUT2D eigenvalue weighted by Gasteiger charge is -2.33. The van der Waals surface area contributed by atoms with E-state index in [0.717, 1.165) is 27.2 Å². The number of nitrogen functional groups attached to an aromatic ring is 2. The van der Waals surface area contributed by atoms with Crippen LogP contribution in [0.5, 0.6) is 11.5 Å². The Morgan fingerprint density at radius 3 is 1.97 bits per heavy atom. The standard InChI is InChI=1S/C68H80N18O21S2/c1-33(76-57(94)35-13-15-37(16-14-35)74-29-38-30-75-56-55(77-38)62(99)84-67(72)83-56)10-19-51(87)78-43(26-52(88)89)59(96)79-42(8-6-20-73-66(70)71)58(95)80-44(27-53(90)91)60(97)81-45(28-54(92)93)61(98)82-46(65(101)102)32-108-109-39-17-11-34(12-18-39)31-107-68(103)85-21-22-106-64(85)48-23-36-7-4-5-9-47(36)86(48)63(100)40-24-49(104-2)50(105-3)25-41(40)69/h4-5,7,9,11-18,24-25,30,33,42-46,48,64,74H,6,8,10,19-23,26-29,31-32,69H2,1-3H3,(H,76,94)(H,78,87)(H,79,96)(H,80,95)(H,81,97)(H,82,98)(H,88,89)(H,90,91)(H,92,93)(H,101,102)(H4,70,71,73)(H3,72,75,83,84,99)/t33-,42+,43+,44+,45+,46+,48+,64?/m1/s1. The van der Waals surface area contributed by atoms with Crippen molar-refractivity contribution in [2.24, 2.45) is 5.73 Å². The summed E-state index contributed by atoms with van der Waals surface area (Å²) in [6, 6.07) is 12.2. The van der Waals surface area contributed by atoms with Gasteiger partial charge in [-0.1, -0.05) is 51.9 Å². The average Bonchev–Trinajstić information content (AvgIpc) is 1.62. The molecule has 8 atom stereocenters. The Balaban J connectivity index is 0.819. The Morgan fingerprint density at radius 1 is 0.743 bits per heavy atom. The first-order valence-electron chi connectivity index (χ1n) is 33.5. The van der Waals surface area contributed by atoms with Gasteiger partial charge in [-0.05, 0) is 92.3 Å². The first kappa shape index (κ1) is 82.1. The maximum absolute atomic E-state index is 14.4. The van der Waals surface area contributed by atoms with Crippen LogP contribution in [0.15, 0.2) is 101 Å². The van der Waals surface area contributed by atoms with Gasteiger partial charge in [0, 0.05) is 58.3 Å². The van der Waals surface area contributed by atoms with Gasteiger partial charge in [0.1, 0.15) is 36.8 Å². The largest absolute Gasteiger partial charge is 0.493 e. The van der Waals surface area contributed by atoms with E-state index in [1.807, 2.05) is 12.1 Å². The van der Waals surface area contributed by atoms with Crippen LogP contribution in [0.1, 0.15) is 89.4 Å². The van der Waals surface area contributed by atoms with Crippen LogP contribution in [-0.2, 0) is 72.2 Å². The van der Waals surface area contributed by atoms with Crippen LogP contribution in [0.4, 0.5) is 27.8 Å². The first-order chi connectivity index (χ1) is 52.0. The van der Waals surface area contributed by atoms with Gasteiger partial charge in [-0.2, -0.15) is 4.98 Å². The van der Waals surface area contributed by atoms with Crippen LogP contribution in [0.25, 0.3) is 11.2 Å². The maximum atomic E-state index is 14.4. The number of carbonyl (C=O) groups excluding carboxylic acids is 8. The molecule has 2 aliphatic heterocycles. The minimum Gasteiger partial charge on any atom is -0.493 e.